The predicted octanol–water partition coefficient (Wildman–Crippen LogP) is -0.749. The molecule has 126 valence electrons. The molecule has 0 aromatic carbocycles. The second kappa shape index (κ2) is 7.91. The molecule has 1 aliphatic heterocycles. The quantitative estimate of drug-likeness (QED) is 0.727. The summed E-state index contributed by atoms with van der Waals surface area (Å²) in [5, 5.41) is 3.15. The van der Waals surface area contributed by atoms with Gasteiger partial charge in [0.1, 0.15) is 5.82 Å². The molecule has 22 heavy (non-hydrogen) atoms. The number of nitrogens with one attached hydrogen (secondary N) is 2. The van der Waals surface area contributed by atoms with Crippen LogP contribution in [0.3, 0.4) is 0 Å². The number of amides is 1. The van der Waals surface area contributed by atoms with Crippen LogP contribution in [-0.4, -0.2) is 61.5 Å². The lowest BCUT2D eigenvalue weighted by Gasteiger charge is -2.27. The van der Waals surface area contributed by atoms with Gasteiger partial charge < -0.3 is 14.8 Å². The highest BCUT2D eigenvalue weighted by atomic mass is 35.5. The fourth-order valence-corrected chi connectivity index (χ4v) is 3.16. The first-order valence-electron chi connectivity index (χ1n) is 6.88. The number of aromatic nitrogens is 2. The lowest BCUT2D eigenvalue weighted by molar-refractivity contribution is -0.131. The predicted molar refractivity (Wildman–Crippen MR) is 84.4 cm³/mol. The minimum Gasteiger partial charge on any atom is -0.340 e. The molecular formula is C12H22ClN5O3S. The SMILES string of the molecule is Cc1nc(S(=O)(=O)NCCC(=O)N2CCNCC2)cn1C.Cl. The van der Waals surface area contributed by atoms with E-state index in [4.69, 9.17) is 0 Å². The van der Waals surface area contributed by atoms with Crippen LogP contribution in [0.15, 0.2) is 11.2 Å². The van der Waals surface area contributed by atoms with Crippen molar-refractivity contribution in [3.63, 3.8) is 0 Å². The maximum atomic E-state index is 12.0. The lowest BCUT2D eigenvalue weighted by Crippen LogP contribution is -2.47. The number of carbonyl (C=O) groups is 1. The Kier molecular flexibility index (Phi) is 6.79. The van der Waals surface area contributed by atoms with E-state index >= 15 is 0 Å². The summed E-state index contributed by atoms with van der Waals surface area (Å²) >= 11 is 0. The van der Waals surface area contributed by atoms with Gasteiger partial charge in [-0.1, -0.05) is 0 Å². The van der Waals surface area contributed by atoms with E-state index in [2.05, 4.69) is 15.0 Å². The summed E-state index contributed by atoms with van der Waals surface area (Å²) in [4.78, 5) is 17.6. The number of aryl methyl sites for hydroxylation is 2. The maximum Gasteiger partial charge on any atom is 0.259 e. The van der Waals surface area contributed by atoms with Gasteiger partial charge in [0.2, 0.25) is 5.91 Å². The van der Waals surface area contributed by atoms with E-state index in [0.717, 1.165) is 13.1 Å². The third-order valence-corrected chi connectivity index (χ3v) is 4.79. The molecule has 2 N–H and O–H groups in total. The van der Waals surface area contributed by atoms with Crippen LogP contribution in [0.4, 0.5) is 0 Å². The molecule has 1 saturated heterocycles. The van der Waals surface area contributed by atoms with Gasteiger partial charge in [-0.25, -0.2) is 18.1 Å². The van der Waals surface area contributed by atoms with Crippen molar-refractivity contribution in [2.45, 2.75) is 18.4 Å². The normalized spacial score (nSPS) is 15.5. The Balaban J connectivity index is 0.00000242. The number of halogens is 1. The number of rotatable bonds is 5. The minimum atomic E-state index is -3.65. The Labute approximate surface area is 136 Å². The Morgan fingerprint density at radius 3 is 2.59 bits per heavy atom. The second-order valence-corrected chi connectivity index (χ2v) is 6.73. The zero-order valence-electron chi connectivity index (χ0n) is 12.7. The van der Waals surface area contributed by atoms with Crippen LogP contribution in [0.1, 0.15) is 12.2 Å². The van der Waals surface area contributed by atoms with Crippen LogP contribution in [-0.2, 0) is 21.9 Å². The van der Waals surface area contributed by atoms with Crippen molar-refractivity contribution in [3.05, 3.63) is 12.0 Å². The number of sulfonamides is 1. The largest absolute Gasteiger partial charge is 0.340 e. The van der Waals surface area contributed by atoms with Crippen molar-refractivity contribution < 1.29 is 13.2 Å². The number of carbonyl (C=O) groups excluding carboxylic acids is 1. The van der Waals surface area contributed by atoms with Gasteiger partial charge in [0.05, 0.1) is 0 Å². The number of hydrogen-bond acceptors (Lipinski definition) is 5. The monoisotopic (exact) mass is 351 g/mol. The van der Waals surface area contributed by atoms with Gasteiger partial charge in [0.15, 0.2) is 5.03 Å². The van der Waals surface area contributed by atoms with Crippen LogP contribution in [0.2, 0.25) is 0 Å². The second-order valence-electron chi connectivity index (χ2n) is 5.02. The number of hydrogen-bond donors (Lipinski definition) is 2. The first-order chi connectivity index (χ1) is 9.90. The van der Waals surface area contributed by atoms with Crippen LogP contribution < -0.4 is 10.0 Å². The van der Waals surface area contributed by atoms with Crippen LogP contribution in [0, 0.1) is 6.92 Å². The summed E-state index contributed by atoms with van der Waals surface area (Å²) in [6.45, 7) is 4.72. The van der Waals surface area contributed by atoms with Crippen molar-refractivity contribution in [3.8, 4) is 0 Å². The van der Waals surface area contributed by atoms with Gasteiger partial charge in [-0.05, 0) is 6.92 Å². The van der Waals surface area contributed by atoms with E-state index in [9.17, 15) is 13.2 Å². The molecule has 2 rings (SSSR count). The highest BCUT2D eigenvalue weighted by Gasteiger charge is 2.20. The van der Waals surface area contributed by atoms with E-state index in [0.29, 0.717) is 18.9 Å². The molecule has 1 fully saturated rings. The zero-order valence-corrected chi connectivity index (χ0v) is 14.3. The summed E-state index contributed by atoms with van der Waals surface area (Å²) in [6.07, 6.45) is 1.61. The molecule has 0 atom stereocenters. The Morgan fingerprint density at radius 1 is 1.41 bits per heavy atom. The van der Waals surface area contributed by atoms with Crippen molar-refractivity contribution >= 4 is 28.3 Å². The third-order valence-electron chi connectivity index (χ3n) is 3.46. The molecule has 0 aliphatic carbocycles. The molecule has 1 aromatic rings. The third kappa shape index (κ3) is 4.67. The first-order valence-corrected chi connectivity index (χ1v) is 8.36. The highest BCUT2D eigenvalue weighted by Crippen LogP contribution is 2.07. The summed E-state index contributed by atoms with van der Waals surface area (Å²) in [6, 6.07) is 0. The zero-order chi connectivity index (χ0) is 15.5. The fourth-order valence-electron chi connectivity index (χ4n) is 2.09. The van der Waals surface area contributed by atoms with Crippen LogP contribution >= 0.6 is 12.4 Å². The maximum absolute atomic E-state index is 12.0. The molecule has 8 nitrogen and oxygen atoms in total. The van der Waals surface area contributed by atoms with E-state index in [1.807, 2.05) is 0 Å². The molecule has 10 heteroatoms. The Bertz CT molecular complexity index is 591. The lowest BCUT2D eigenvalue weighted by atomic mass is 10.3. The summed E-state index contributed by atoms with van der Waals surface area (Å²) in [5.41, 5.74) is 0. The average molecular weight is 352 g/mol. The summed E-state index contributed by atoms with van der Waals surface area (Å²) in [7, 11) is -1.92. The number of imidazole rings is 1. The molecule has 0 radical (unpaired) electrons. The van der Waals surface area contributed by atoms with Crippen molar-refractivity contribution in [2.24, 2.45) is 7.05 Å². The van der Waals surface area contributed by atoms with E-state index in [-0.39, 0.29) is 36.3 Å². The first kappa shape index (κ1) is 18.9. The summed E-state index contributed by atoms with van der Waals surface area (Å²) in [5.74, 6) is 0.587. The molecule has 0 unspecified atom stereocenters. The van der Waals surface area contributed by atoms with E-state index in [1.54, 1.807) is 23.4 Å². The van der Waals surface area contributed by atoms with Gasteiger partial charge in [0, 0.05) is 52.4 Å². The molecular weight excluding hydrogens is 330 g/mol. The fraction of sp³-hybridized carbons (Fsp3) is 0.667. The molecule has 1 aliphatic rings. The summed E-state index contributed by atoms with van der Waals surface area (Å²) < 4.78 is 28.1. The van der Waals surface area contributed by atoms with Crippen molar-refractivity contribution in [1.82, 2.24) is 24.5 Å². The molecule has 0 saturated carbocycles. The van der Waals surface area contributed by atoms with E-state index < -0.39 is 10.0 Å². The van der Waals surface area contributed by atoms with Gasteiger partial charge in [-0.3, -0.25) is 4.79 Å². The van der Waals surface area contributed by atoms with Crippen molar-refractivity contribution in [1.29, 1.82) is 0 Å². The van der Waals surface area contributed by atoms with Gasteiger partial charge >= 0.3 is 0 Å². The molecule has 0 bridgehead atoms. The highest BCUT2D eigenvalue weighted by molar-refractivity contribution is 7.89. The minimum absolute atomic E-state index is 0. The standard InChI is InChI=1S/C12H21N5O3S.ClH/c1-10-15-11(9-16(10)2)21(19,20)14-4-3-12(18)17-7-5-13-6-8-17;/h9,13-14H,3-8H2,1-2H3;1H. The molecule has 1 aromatic heterocycles. The van der Waals surface area contributed by atoms with Crippen LogP contribution in [0.25, 0.3) is 0 Å². The topological polar surface area (TPSA) is 96.3 Å². The Hall–Kier alpha value is -1.16. The molecule has 0 spiro atoms. The Morgan fingerprint density at radius 2 is 2.05 bits per heavy atom. The van der Waals surface area contributed by atoms with Gasteiger partial charge in [-0.2, -0.15) is 0 Å². The smallest absolute Gasteiger partial charge is 0.259 e. The van der Waals surface area contributed by atoms with Gasteiger partial charge in [-0.15, -0.1) is 12.4 Å². The molecule has 1 amide bonds. The number of nitrogens with zero attached hydrogens (tertiary/aromatic N) is 3. The van der Waals surface area contributed by atoms with Crippen LogP contribution in [0.5, 0.6) is 0 Å². The van der Waals surface area contributed by atoms with Crippen molar-refractivity contribution in [2.75, 3.05) is 32.7 Å². The van der Waals surface area contributed by atoms with E-state index in [1.165, 1.54) is 6.20 Å². The number of piperazine rings is 1. The average Bonchev–Trinajstić information content (AvgIpc) is 2.80. The van der Waals surface area contributed by atoms with Gasteiger partial charge in [0.25, 0.3) is 10.0 Å². The molecule has 2 heterocycles.